The van der Waals surface area contributed by atoms with E-state index in [-0.39, 0.29) is 11.8 Å². The van der Waals surface area contributed by atoms with E-state index in [4.69, 9.17) is 23.7 Å². The van der Waals surface area contributed by atoms with Crippen LogP contribution in [0.15, 0.2) is 0 Å². The first kappa shape index (κ1) is 30.8. The summed E-state index contributed by atoms with van der Waals surface area (Å²) < 4.78 is 29.2. The van der Waals surface area contributed by atoms with Crippen LogP contribution in [0.1, 0.15) is 106 Å². The summed E-state index contributed by atoms with van der Waals surface area (Å²) >= 11 is 0. The highest BCUT2D eigenvalue weighted by molar-refractivity contribution is 5.73. The van der Waals surface area contributed by atoms with Crippen LogP contribution in [0.2, 0.25) is 0 Å². The molecule has 0 aromatic heterocycles. The lowest BCUT2D eigenvalue weighted by molar-refractivity contribution is -0.384. The van der Waals surface area contributed by atoms with E-state index in [0.29, 0.717) is 39.1 Å². The van der Waals surface area contributed by atoms with Crippen LogP contribution < -0.4 is 0 Å². The monoisotopic (exact) mass is 460 g/mol. The first-order valence-electron chi connectivity index (χ1n) is 12.5. The minimum Gasteiger partial charge on any atom is -0.425 e. The summed E-state index contributed by atoms with van der Waals surface area (Å²) in [4.78, 5) is 24.2. The molecule has 32 heavy (non-hydrogen) atoms. The zero-order chi connectivity index (χ0) is 24.4. The Bertz CT molecular complexity index is 442. The Morgan fingerprint density at radius 3 is 1.34 bits per heavy atom. The van der Waals surface area contributed by atoms with Crippen LogP contribution >= 0.6 is 0 Å². The number of carbonyl (C=O) groups is 2. The van der Waals surface area contributed by atoms with Crippen LogP contribution in [0.4, 0.5) is 0 Å². The lowest BCUT2D eigenvalue weighted by atomic mass is 10.2. The SMILES string of the molecule is CCCCOC(CCCC(OC(=O)C(C)C)OC(=O)C(C)C)(OCCCC)OCCCC. The first-order valence-corrected chi connectivity index (χ1v) is 12.5. The van der Waals surface area contributed by atoms with E-state index < -0.39 is 24.2 Å². The summed E-state index contributed by atoms with van der Waals surface area (Å²) in [5, 5.41) is 0. The maximum Gasteiger partial charge on any atom is 0.311 e. The molecule has 0 bridgehead atoms. The molecule has 7 nitrogen and oxygen atoms in total. The van der Waals surface area contributed by atoms with Crippen LogP contribution in [0.3, 0.4) is 0 Å². The molecule has 0 radical (unpaired) electrons. The summed E-state index contributed by atoms with van der Waals surface area (Å²) in [5.74, 6) is -2.53. The third-order valence-corrected chi connectivity index (χ3v) is 4.82. The van der Waals surface area contributed by atoms with Gasteiger partial charge in [0.15, 0.2) is 0 Å². The van der Waals surface area contributed by atoms with Crippen LogP contribution in [-0.2, 0) is 33.3 Å². The van der Waals surface area contributed by atoms with Crippen molar-refractivity contribution in [3.63, 3.8) is 0 Å². The lowest BCUT2D eigenvalue weighted by Gasteiger charge is -2.34. The zero-order valence-corrected chi connectivity index (χ0v) is 21.6. The van der Waals surface area contributed by atoms with Gasteiger partial charge in [-0.3, -0.25) is 9.59 Å². The van der Waals surface area contributed by atoms with Crippen molar-refractivity contribution >= 4 is 11.9 Å². The molecule has 0 spiro atoms. The predicted octanol–water partition coefficient (Wildman–Crippen LogP) is 5.99. The van der Waals surface area contributed by atoms with Crippen molar-refractivity contribution in [1.29, 1.82) is 0 Å². The predicted molar refractivity (Wildman–Crippen MR) is 125 cm³/mol. The fourth-order valence-electron chi connectivity index (χ4n) is 2.62. The molecule has 0 atom stereocenters. The molecule has 0 aromatic rings. The molecule has 0 aliphatic rings. The molecule has 0 heterocycles. The molecule has 0 unspecified atom stereocenters. The second-order valence-corrected chi connectivity index (χ2v) is 8.79. The normalized spacial score (nSPS) is 12.1. The fraction of sp³-hybridized carbons (Fsp3) is 0.920. The van der Waals surface area contributed by atoms with Crippen LogP contribution in [0.25, 0.3) is 0 Å². The molecular formula is C25H48O7. The maximum absolute atomic E-state index is 12.1. The van der Waals surface area contributed by atoms with E-state index in [1.54, 1.807) is 27.7 Å². The Labute approximate surface area is 195 Å². The van der Waals surface area contributed by atoms with Crippen molar-refractivity contribution in [2.75, 3.05) is 19.8 Å². The van der Waals surface area contributed by atoms with Gasteiger partial charge in [0.1, 0.15) is 0 Å². The Kier molecular flexibility index (Phi) is 17.6. The second-order valence-electron chi connectivity index (χ2n) is 8.79. The number of unbranched alkanes of at least 4 members (excludes halogenated alkanes) is 3. The van der Waals surface area contributed by atoms with Crippen LogP contribution in [-0.4, -0.2) is 44.0 Å². The molecule has 7 heteroatoms. The van der Waals surface area contributed by atoms with E-state index in [1.165, 1.54) is 0 Å². The van der Waals surface area contributed by atoms with Crippen molar-refractivity contribution in [2.45, 2.75) is 119 Å². The highest BCUT2D eigenvalue weighted by atomic mass is 16.9. The van der Waals surface area contributed by atoms with Crippen molar-refractivity contribution in [1.82, 2.24) is 0 Å². The number of hydrogen-bond donors (Lipinski definition) is 0. The molecule has 0 saturated heterocycles. The highest BCUT2D eigenvalue weighted by Crippen LogP contribution is 2.26. The topological polar surface area (TPSA) is 80.3 Å². The quantitative estimate of drug-likeness (QED) is 0.125. The van der Waals surface area contributed by atoms with Gasteiger partial charge in [0.25, 0.3) is 5.97 Å². The van der Waals surface area contributed by atoms with E-state index in [1.807, 2.05) is 0 Å². The van der Waals surface area contributed by atoms with Crippen LogP contribution in [0, 0.1) is 11.8 Å². The minimum atomic E-state index is -1.13. The summed E-state index contributed by atoms with van der Waals surface area (Å²) in [6.07, 6.45) is 6.20. The van der Waals surface area contributed by atoms with Crippen LogP contribution in [0.5, 0.6) is 0 Å². The number of esters is 2. The molecule has 0 fully saturated rings. The summed E-state index contributed by atoms with van der Waals surface area (Å²) in [6.45, 7) is 15.0. The van der Waals surface area contributed by atoms with Crippen molar-refractivity contribution in [2.24, 2.45) is 11.8 Å². The Balaban J connectivity index is 5.24. The highest BCUT2D eigenvalue weighted by Gasteiger charge is 2.34. The van der Waals surface area contributed by atoms with Crippen molar-refractivity contribution in [3.8, 4) is 0 Å². The van der Waals surface area contributed by atoms with Gasteiger partial charge < -0.3 is 23.7 Å². The van der Waals surface area contributed by atoms with Gasteiger partial charge in [0.05, 0.1) is 31.7 Å². The van der Waals surface area contributed by atoms with Crippen molar-refractivity contribution in [3.05, 3.63) is 0 Å². The summed E-state index contributed by atoms with van der Waals surface area (Å²) in [5.41, 5.74) is 0. The van der Waals surface area contributed by atoms with E-state index in [2.05, 4.69) is 20.8 Å². The number of hydrogen-bond acceptors (Lipinski definition) is 7. The molecule has 0 aliphatic heterocycles. The van der Waals surface area contributed by atoms with Gasteiger partial charge in [-0.2, -0.15) is 0 Å². The Hall–Kier alpha value is -1.18. The van der Waals surface area contributed by atoms with Gasteiger partial charge in [-0.15, -0.1) is 0 Å². The second kappa shape index (κ2) is 18.3. The zero-order valence-electron chi connectivity index (χ0n) is 21.6. The standard InChI is InChI=1S/C25H48O7/c1-8-11-17-28-25(29-18-12-9-2,30-19-13-10-3)16-14-15-22(31-23(26)20(4)5)32-24(27)21(6)7/h20-22H,8-19H2,1-7H3. The van der Waals surface area contributed by atoms with Gasteiger partial charge in [0.2, 0.25) is 6.29 Å². The molecule has 190 valence electrons. The van der Waals surface area contributed by atoms with Gasteiger partial charge in [-0.05, 0) is 25.7 Å². The largest absolute Gasteiger partial charge is 0.425 e. The average Bonchev–Trinajstić information content (AvgIpc) is 2.73. The van der Waals surface area contributed by atoms with Gasteiger partial charge in [-0.1, -0.05) is 67.7 Å². The first-order chi connectivity index (χ1) is 15.2. The third-order valence-electron chi connectivity index (χ3n) is 4.82. The fourth-order valence-corrected chi connectivity index (χ4v) is 2.62. The van der Waals surface area contributed by atoms with E-state index in [9.17, 15) is 9.59 Å². The Morgan fingerprint density at radius 1 is 0.656 bits per heavy atom. The molecule has 0 N–H and O–H groups in total. The average molecular weight is 461 g/mol. The summed E-state index contributed by atoms with van der Waals surface area (Å²) in [6, 6.07) is 0. The van der Waals surface area contributed by atoms with Gasteiger partial charge in [0, 0.05) is 12.8 Å². The molecule has 0 saturated carbocycles. The van der Waals surface area contributed by atoms with Gasteiger partial charge in [-0.25, -0.2) is 0 Å². The molecule has 0 aromatic carbocycles. The van der Waals surface area contributed by atoms with E-state index in [0.717, 1.165) is 38.5 Å². The number of rotatable bonds is 20. The number of carbonyl (C=O) groups excluding carboxylic acids is 2. The summed E-state index contributed by atoms with van der Waals surface area (Å²) in [7, 11) is 0. The van der Waals surface area contributed by atoms with E-state index >= 15 is 0 Å². The van der Waals surface area contributed by atoms with Gasteiger partial charge >= 0.3 is 11.9 Å². The number of ether oxygens (including phenoxy) is 5. The molecule has 0 rings (SSSR count). The lowest BCUT2D eigenvalue weighted by Crippen LogP contribution is -2.41. The molecule has 0 aliphatic carbocycles. The Morgan fingerprint density at radius 2 is 1.03 bits per heavy atom. The third kappa shape index (κ3) is 14.1. The molecular weight excluding hydrogens is 412 g/mol. The minimum absolute atomic E-state index is 0.304. The maximum atomic E-state index is 12.1. The molecule has 0 amide bonds. The van der Waals surface area contributed by atoms with Crippen molar-refractivity contribution < 1.29 is 33.3 Å². The smallest absolute Gasteiger partial charge is 0.311 e.